The first-order valence-corrected chi connectivity index (χ1v) is 12.9. The topological polar surface area (TPSA) is 68.3 Å². The van der Waals surface area contributed by atoms with Crippen molar-refractivity contribution in [2.24, 2.45) is 0 Å². The van der Waals surface area contributed by atoms with Crippen molar-refractivity contribution in [1.29, 1.82) is 0 Å². The maximum Gasteiger partial charge on any atom is 0.416 e. The van der Waals surface area contributed by atoms with Crippen molar-refractivity contribution in [2.45, 2.75) is 38.6 Å². The van der Waals surface area contributed by atoms with Gasteiger partial charge in [0.15, 0.2) is 17.5 Å². The Balaban J connectivity index is 1.48. The van der Waals surface area contributed by atoms with Crippen LogP contribution in [0.15, 0.2) is 36.5 Å². The number of hydrogen-bond acceptors (Lipinski definition) is 5. The summed E-state index contributed by atoms with van der Waals surface area (Å²) in [6.07, 6.45) is -3.33. The van der Waals surface area contributed by atoms with Crippen LogP contribution >= 0.6 is 11.6 Å². The van der Waals surface area contributed by atoms with Crippen LogP contribution in [0, 0.1) is 17.5 Å². The van der Waals surface area contributed by atoms with Gasteiger partial charge >= 0.3 is 6.18 Å². The van der Waals surface area contributed by atoms with E-state index in [1.807, 2.05) is 23.6 Å². The highest BCUT2D eigenvalue weighted by atomic mass is 35.5. The van der Waals surface area contributed by atoms with Crippen LogP contribution in [-0.4, -0.2) is 45.7 Å². The van der Waals surface area contributed by atoms with E-state index in [-0.39, 0.29) is 34.2 Å². The molecule has 2 N–H and O–H groups in total. The van der Waals surface area contributed by atoms with Crippen LogP contribution in [0.3, 0.4) is 0 Å². The second-order valence-electron chi connectivity index (χ2n) is 9.72. The van der Waals surface area contributed by atoms with E-state index >= 15 is 0 Å². The number of halogens is 7. The van der Waals surface area contributed by atoms with E-state index in [2.05, 4.69) is 15.0 Å². The largest absolute Gasteiger partial charge is 0.416 e. The highest BCUT2D eigenvalue weighted by Gasteiger charge is 2.33. The first-order valence-electron chi connectivity index (χ1n) is 12.5. The molecule has 2 aromatic heterocycles. The molecular formula is C27H24ClF6N5O. The summed E-state index contributed by atoms with van der Waals surface area (Å²) in [4.78, 5) is 15.7. The third kappa shape index (κ3) is 5.17. The van der Waals surface area contributed by atoms with Gasteiger partial charge in [-0.3, -0.25) is 0 Å². The predicted octanol–water partition coefficient (Wildman–Crippen LogP) is 6.87. The SMILES string of the molecule is CC[C@H](O)c1cnc(N2CCN(c3nc4c(-c5cc(F)c(F)c(F)c5)cc(C(F)(F)F)cc4[nH]3)[C@H](C)C2)c(Cl)c1. The minimum Gasteiger partial charge on any atom is -0.388 e. The van der Waals surface area contributed by atoms with Crippen LogP contribution in [0.25, 0.3) is 22.2 Å². The average molecular weight is 584 g/mol. The molecular weight excluding hydrogens is 560 g/mol. The van der Waals surface area contributed by atoms with Gasteiger partial charge in [0.25, 0.3) is 0 Å². The van der Waals surface area contributed by atoms with Crippen LogP contribution in [0.5, 0.6) is 0 Å². The quantitative estimate of drug-likeness (QED) is 0.198. The molecule has 2 aromatic carbocycles. The van der Waals surface area contributed by atoms with E-state index in [1.54, 1.807) is 12.3 Å². The molecule has 1 aliphatic heterocycles. The second-order valence-corrected chi connectivity index (χ2v) is 10.1. The Labute approximate surface area is 230 Å². The Bertz CT molecular complexity index is 1550. The third-order valence-corrected chi connectivity index (χ3v) is 7.29. The summed E-state index contributed by atoms with van der Waals surface area (Å²) in [5.41, 5.74) is -0.847. The number of aromatic amines is 1. The molecule has 2 atom stereocenters. The summed E-state index contributed by atoms with van der Waals surface area (Å²) in [6, 6.07) is 4.39. The third-order valence-electron chi connectivity index (χ3n) is 7.01. The number of piperazine rings is 1. The molecule has 1 aliphatic rings. The first kappa shape index (κ1) is 28.0. The number of rotatable bonds is 5. The molecule has 0 aliphatic carbocycles. The highest BCUT2D eigenvalue weighted by Crippen LogP contribution is 2.38. The maximum atomic E-state index is 14.0. The summed E-state index contributed by atoms with van der Waals surface area (Å²) >= 11 is 6.46. The number of nitrogens with zero attached hydrogens (tertiary/aromatic N) is 4. The van der Waals surface area contributed by atoms with Crippen molar-refractivity contribution >= 4 is 34.4 Å². The normalized spacial score (nSPS) is 17.1. The van der Waals surface area contributed by atoms with Crippen molar-refractivity contribution < 1.29 is 31.4 Å². The van der Waals surface area contributed by atoms with E-state index in [1.165, 1.54) is 0 Å². The van der Waals surface area contributed by atoms with E-state index in [4.69, 9.17) is 11.6 Å². The molecule has 0 unspecified atom stereocenters. The number of alkyl halides is 3. The predicted molar refractivity (Wildman–Crippen MR) is 140 cm³/mol. The summed E-state index contributed by atoms with van der Waals surface area (Å²) < 4.78 is 82.6. The smallest absolute Gasteiger partial charge is 0.388 e. The van der Waals surface area contributed by atoms with Crippen LogP contribution < -0.4 is 9.80 Å². The molecule has 3 heterocycles. The zero-order valence-electron chi connectivity index (χ0n) is 21.3. The van der Waals surface area contributed by atoms with Crippen molar-refractivity contribution in [3.63, 3.8) is 0 Å². The Hall–Kier alpha value is -3.51. The number of aromatic nitrogens is 3. The fourth-order valence-corrected chi connectivity index (χ4v) is 5.19. The number of hydrogen-bond donors (Lipinski definition) is 2. The molecule has 4 aromatic rings. The van der Waals surface area contributed by atoms with Gasteiger partial charge in [0.05, 0.1) is 27.7 Å². The Morgan fingerprint density at radius 3 is 2.40 bits per heavy atom. The van der Waals surface area contributed by atoms with E-state index in [0.29, 0.717) is 54.6 Å². The van der Waals surface area contributed by atoms with Crippen molar-refractivity contribution in [3.05, 3.63) is 70.1 Å². The lowest BCUT2D eigenvalue weighted by Crippen LogP contribution is -2.52. The zero-order chi connectivity index (χ0) is 28.9. The van der Waals surface area contributed by atoms with Crippen molar-refractivity contribution in [3.8, 4) is 11.1 Å². The van der Waals surface area contributed by atoms with Crippen molar-refractivity contribution in [1.82, 2.24) is 15.0 Å². The van der Waals surface area contributed by atoms with Crippen LogP contribution in [-0.2, 0) is 6.18 Å². The number of anilines is 2. The number of nitrogens with one attached hydrogen (secondary N) is 1. The van der Waals surface area contributed by atoms with Crippen LogP contribution in [0.2, 0.25) is 5.02 Å². The summed E-state index contributed by atoms with van der Waals surface area (Å²) in [7, 11) is 0. The molecule has 0 spiro atoms. The zero-order valence-corrected chi connectivity index (χ0v) is 22.1. The minimum atomic E-state index is -4.75. The fraction of sp³-hybridized carbons (Fsp3) is 0.333. The van der Waals surface area contributed by atoms with Crippen LogP contribution in [0.1, 0.15) is 37.5 Å². The van der Waals surface area contributed by atoms with E-state index in [9.17, 15) is 31.4 Å². The molecule has 0 amide bonds. The molecule has 212 valence electrons. The second kappa shape index (κ2) is 10.5. The van der Waals surface area contributed by atoms with Gasteiger partial charge in [-0.1, -0.05) is 18.5 Å². The lowest BCUT2D eigenvalue weighted by Gasteiger charge is -2.40. The Kier molecular flexibility index (Phi) is 7.34. The first-order chi connectivity index (χ1) is 18.9. The van der Waals surface area contributed by atoms with Gasteiger partial charge in [-0.2, -0.15) is 13.2 Å². The standard InChI is InChI=1S/C27H24ClF6N5O/c1-3-22(40)15-6-18(28)25(35-11-15)38-4-5-39(13(2)12-38)26-36-21-10-16(27(32,33)34)9-17(24(21)37-26)14-7-19(29)23(31)20(30)8-14/h6-11,13,22,40H,3-5,12H2,1-2H3,(H,36,37)/t13-,22+/m1/s1. The van der Waals surface area contributed by atoms with E-state index in [0.717, 1.165) is 12.1 Å². The van der Waals surface area contributed by atoms with Gasteiger partial charge in [0, 0.05) is 43.0 Å². The lowest BCUT2D eigenvalue weighted by atomic mass is 10.0. The molecule has 1 fully saturated rings. The number of aliphatic hydroxyl groups excluding tert-OH is 1. The summed E-state index contributed by atoms with van der Waals surface area (Å²) in [5, 5.41) is 10.5. The summed E-state index contributed by atoms with van der Waals surface area (Å²) in [6.45, 7) is 5.05. The fourth-order valence-electron chi connectivity index (χ4n) is 4.90. The molecule has 1 saturated heterocycles. The molecule has 0 radical (unpaired) electrons. The van der Waals surface area contributed by atoms with Crippen molar-refractivity contribution in [2.75, 3.05) is 29.4 Å². The molecule has 5 rings (SSSR count). The lowest BCUT2D eigenvalue weighted by molar-refractivity contribution is -0.137. The van der Waals surface area contributed by atoms with Gasteiger partial charge in [-0.25, -0.2) is 23.1 Å². The Morgan fingerprint density at radius 2 is 1.80 bits per heavy atom. The number of H-pyrrole nitrogens is 1. The summed E-state index contributed by atoms with van der Waals surface area (Å²) in [5.74, 6) is -3.95. The monoisotopic (exact) mass is 583 g/mol. The maximum absolute atomic E-state index is 14.0. The van der Waals surface area contributed by atoms with Gasteiger partial charge < -0.3 is 19.9 Å². The molecule has 0 bridgehead atoms. The van der Waals surface area contributed by atoms with Crippen LogP contribution in [0.4, 0.5) is 38.1 Å². The molecule has 40 heavy (non-hydrogen) atoms. The number of aliphatic hydroxyl groups is 1. The number of pyridine rings is 1. The number of benzene rings is 2. The van der Waals surface area contributed by atoms with Gasteiger partial charge in [-0.15, -0.1) is 0 Å². The van der Waals surface area contributed by atoms with Gasteiger partial charge in [0.1, 0.15) is 5.82 Å². The molecule has 13 heteroatoms. The average Bonchev–Trinajstić information content (AvgIpc) is 3.33. The number of fused-ring (bicyclic) bond motifs is 1. The van der Waals surface area contributed by atoms with Gasteiger partial charge in [0.2, 0.25) is 5.95 Å². The molecule has 6 nitrogen and oxygen atoms in total. The molecule has 0 saturated carbocycles. The number of imidazole rings is 1. The minimum absolute atomic E-state index is 0.00868. The highest BCUT2D eigenvalue weighted by molar-refractivity contribution is 6.33. The van der Waals surface area contributed by atoms with E-state index < -0.39 is 35.3 Å². The van der Waals surface area contributed by atoms with Gasteiger partial charge in [-0.05, 0) is 49.2 Å². The Morgan fingerprint density at radius 1 is 1.10 bits per heavy atom.